The summed E-state index contributed by atoms with van der Waals surface area (Å²) in [6, 6.07) is 0. The zero-order valence-corrected chi connectivity index (χ0v) is 6.18. The number of hydrazone groups is 1. The molecule has 0 aromatic rings. The van der Waals surface area contributed by atoms with Crippen molar-refractivity contribution in [2.75, 3.05) is 6.54 Å². The average Bonchev–Trinajstić information content (AvgIpc) is 2.34. The third kappa shape index (κ3) is 2.13. The van der Waals surface area contributed by atoms with Gasteiger partial charge in [0, 0.05) is 0 Å². The minimum atomic E-state index is -0.967. The molecule has 0 saturated heterocycles. The topological polar surface area (TPSA) is 77.0 Å². The van der Waals surface area contributed by atoms with Crippen LogP contribution in [0.4, 0.5) is 0 Å². The van der Waals surface area contributed by atoms with Crippen LogP contribution >= 0.6 is 12.2 Å². The van der Waals surface area contributed by atoms with Crippen LogP contribution in [-0.4, -0.2) is 33.9 Å². The number of amidine groups is 1. The van der Waals surface area contributed by atoms with Crippen molar-refractivity contribution in [1.29, 1.82) is 0 Å². The molecule has 1 aliphatic heterocycles. The zero-order valence-electron chi connectivity index (χ0n) is 5.37. The molecule has 0 fully saturated rings. The quantitative estimate of drug-likeness (QED) is 0.455. The van der Waals surface area contributed by atoms with E-state index in [-0.39, 0.29) is 6.54 Å². The van der Waals surface area contributed by atoms with Gasteiger partial charge in [-0.25, -0.2) is 5.53 Å². The number of nitrogens with one attached hydrogen (secondary N) is 2. The van der Waals surface area contributed by atoms with Crippen molar-refractivity contribution in [2.45, 2.75) is 0 Å². The highest BCUT2D eigenvalue weighted by atomic mass is 32.1. The predicted molar refractivity (Wildman–Crippen MR) is 40.6 cm³/mol. The highest BCUT2D eigenvalue weighted by molar-refractivity contribution is 7.80. The Kier molecular flexibility index (Phi) is 2.34. The molecular formula is C4H5N4O2S. The van der Waals surface area contributed by atoms with E-state index in [4.69, 9.17) is 5.11 Å². The Labute approximate surface area is 67.8 Å². The first kappa shape index (κ1) is 7.89. The molecule has 0 aliphatic carbocycles. The van der Waals surface area contributed by atoms with Crippen LogP contribution in [0.5, 0.6) is 0 Å². The summed E-state index contributed by atoms with van der Waals surface area (Å²) < 4.78 is 0. The van der Waals surface area contributed by atoms with Crippen LogP contribution in [0.15, 0.2) is 5.10 Å². The van der Waals surface area contributed by atoms with Crippen molar-refractivity contribution >= 4 is 29.4 Å². The molecule has 1 heterocycles. The minimum Gasteiger partial charge on any atom is -0.480 e. The Morgan fingerprint density at radius 3 is 3.09 bits per heavy atom. The average molecular weight is 173 g/mol. The third-order valence-corrected chi connectivity index (χ3v) is 1.11. The van der Waals surface area contributed by atoms with E-state index in [1.807, 2.05) is 0 Å². The Hall–Kier alpha value is -1.21. The Balaban J connectivity index is 2.35. The van der Waals surface area contributed by atoms with E-state index in [2.05, 4.69) is 33.6 Å². The first-order valence-corrected chi connectivity index (χ1v) is 3.10. The SMILES string of the molecule is O=C(O)CN1NN=C([C]=S)N1. The molecule has 0 unspecified atom stereocenters. The van der Waals surface area contributed by atoms with Gasteiger partial charge in [-0.05, 0) is 0 Å². The van der Waals surface area contributed by atoms with E-state index in [1.54, 1.807) is 0 Å². The summed E-state index contributed by atoms with van der Waals surface area (Å²) in [4.78, 5) is 10.1. The lowest BCUT2D eigenvalue weighted by Crippen LogP contribution is -2.44. The third-order valence-electron chi connectivity index (χ3n) is 0.913. The molecule has 6 nitrogen and oxygen atoms in total. The van der Waals surface area contributed by atoms with Gasteiger partial charge >= 0.3 is 5.97 Å². The number of carbonyl (C=O) groups is 1. The molecule has 3 N–H and O–H groups in total. The van der Waals surface area contributed by atoms with Gasteiger partial charge in [-0.15, -0.1) is 10.2 Å². The Morgan fingerprint density at radius 2 is 2.64 bits per heavy atom. The number of carboxylic acid groups (broad SMARTS) is 1. The number of hydrogen-bond acceptors (Lipinski definition) is 6. The van der Waals surface area contributed by atoms with Crippen LogP contribution < -0.4 is 11.0 Å². The van der Waals surface area contributed by atoms with Gasteiger partial charge in [-0.1, -0.05) is 12.2 Å². The van der Waals surface area contributed by atoms with Gasteiger partial charge in [0.1, 0.15) is 11.9 Å². The fraction of sp³-hybridized carbons (Fsp3) is 0.250. The van der Waals surface area contributed by atoms with Crippen LogP contribution in [0.3, 0.4) is 0 Å². The maximum absolute atomic E-state index is 10.1. The number of hydrogen-bond donors (Lipinski definition) is 3. The van der Waals surface area contributed by atoms with Crippen LogP contribution in [0, 0.1) is 0 Å². The molecule has 0 amide bonds. The van der Waals surface area contributed by atoms with Crippen LogP contribution in [0.1, 0.15) is 0 Å². The summed E-state index contributed by atoms with van der Waals surface area (Å²) in [7, 11) is 0. The monoisotopic (exact) mass is 173 g/mol. The van der Waals surface area contributed by atoms with Gasteiger partial charge in [-0.3, -0.25) is 10.2 Å². The van der Waals surface area contributed by atoms with Gasteiger partial charge in [0.2, 0.25) is 0 Å². The summed E-state index contributed by atoms with van der Waals surface area (Å²) in [6.45, 7) is -0.204. The van der Waals surface area contributed by atoms with E-state index in [1.165, 1.54) is 5.12 Å². The summed E-state index contributed by atoms with van der Waals surface area (Å²) in [5.41, 5.74) is 4.94. The molecule has 0 atom stereocenters. The molecule has 7 heteroatoms. The zero-order chi connectivity index (χ0) is 8.27. The van der Waals surface area contributed by atoms with E-state index >= 15 is 0 Å². The summed E-state index contributed by atoms with van der Waals surface area (Å²) in [5.74, 6) is -0.660. The molecule has 1 aliphatic rings. The maximum Gasteiger partial charge on any atom is 0.321 e. The molecule has 11 heavy (non-hydrogen) atoms. The number of hydrazine groups is 2. The second-order valence-corrected chi connectivity index (χ2v) is 1.96. The van der Waals surface area contributed by atoms with Crippen LogP contribution in [0.25, 0.3) is 0 Å². The highest BCUT2D eigenvalue weighted by Gasteiger charge is 2.14. The normalized spacial score (nSPS) is 16.5. The second kappa shape index (κ2) is 3.26. The van der Waals surface area contributed by atoms with Crippen LogP contribution in [-0.2, 0) is 4.79 Å². The standard InChI is InChI=1S/C4H5N4O2S/c9-4(10)1-8-6-3(2-11)5-7-8/h7H,1H2,(H,5,6)(H,9,10). The molecule has 0 aromatic carbocycles. The summed E-state index contributed by atoms with van der Waals surface area (Å²) >= 11 is 4.42. The molecule has 0 saturated carbocycles. The first-order valence-electron chi connectivity index (χ1n) is 2.70. The maximum atomic E-state index is 10.1. The number of nitrogens with zero attached hydrogens (tertiary/aromatic N) is 2. The Morgan fingerprint density at radius 1 is 1.91 bits per heavy atom. The number of rotatable bonds is 3. The summed E-state index contributed by atoms with van der Waals surface area (Å²) in [6.07, 6.45) is 0. The smallest absolute Gasteiger partial charge is 0.321 e. The Bertz CT molecular complexity index is 216. The van der Waals surface area contributed by atoms with Crippen molar-refractivity contribution in [1.82, 2.24) is 16.1 Å². The fourth-order valence-corrected chi connectivity index (χ4v) is 0.635. The van der Waals surface area contributed by atoms with Crippen molar-refractivity contribution in [3.8, 4) is 0 Å². The molecule has 0 bridgehead atoms. The van der Waals surface area contributed by atoms with Crippen molar-refractivity contribution in [3.63, 3.8) is 0 Å². The van der Waals surface area contributed by atoms with Crippen LogP contribution in [0.2, 0.25) is 0 Å². The molecule has 0 aromatic heterocycles. The summed E-state index contributed by atoms with van der Waals surface area (Å²) in [5, 5.41) is 15.4. The van der Waals surface area contributed by atoms with Gasteiger partial charge < -0.3 is 5.11 Å². The van der Waals surface area contributed by atoms with Gasteiger partial charge in [0.25, 0.3) is 0 Å². The molecule has 1 rings (SSSR count). The van der Waals surface area contributed by atoms with E-state index in [0.29, 0.717) is 5.84 Å². The van der Waals surface area contributed by atoms with Gasteiger partial charge in [0.15, 0.2) is 5.84 Å². The number of aliphatic carboxylic acids is 1. The molecule has 1 radical (unpaired) electrons. The van der Waals surface area contributed by atoms with Gasteiger partial charge in [-0.2, -0.15) is 0 Å². The van der Waals surface area contributed by atoms with Crippen molar-refractivity contribution in [2.24, 2.45) is 5.10 Å². The van der Waals surface area contributed by atoms with Crippen molar-refractivity contribution < 1.29 is 9.90 Å². The van der Waals surface area contributed by atoms with Crippen molar-refractivity contribution in [3.05, 3.63) is 0 Å². The number of thiocarbonyl (C=S) groups is 1. The highest BCUT2D eigenvalue weighted by Crippen LogP contribution is 1.85. The molecule has 59 valence electrons. The largest absolute Gasteiger partial charge is 0.480 e. The fourth-order valence-electron chi connectivity index (χ4n) is 0.544. The first-order chi connectivity index (χ1) is 5.22. The molecular weight excluding hydrogens is 168 g/mol. The lowest BCUT2D eigenvalue weighted by atomic mass is 10.7. The van der Waals surface area contributed by atoms with E-state index in [9.17, 15) is 4.79 Å². The van der Waals surface area contributed by atoms with E-state index in [0.717, 1.165) is 0 Å². The predicted octanol–water partition coefficient (Wildman–Crippen LogP) is -1.41. The number of carboxylic acids is 1. The molecule has 0 spiro atoms. The van der Waals surface area contributed by atoms with Gasteiger partial charge in [0.05, 0.1) is 0 Å². The minimum absolute atomic E-state index is 0.204. The second-order valence-electron chi connectivity index (χ2n) is 1.75. The lowest BCUT2D eigenvalue weighted by molar-refractivity contribution is -0.139. The lowest BCUT2D eigenvalue weighted by Gasteiger charge is -2.10. The van der Waals surface area contributed by atoms with E-state index < -0.39 is 5.97 Å².